The quantitative estimate of drug-likeness (QED) is 0.872. The highest BCUT2D eigenvalue weighted by Crippen LogP contribution is 2.33. The van der Waals surface area contributed by atoms with Crippen molar-refractivity contribution in [1.82, 2.24) is 4.57 Å². The number of carbonyl (C=O) groups is 2. The third-order valence-electron chi connectivity index (χ3n) is 4.02. The fraction of sp³-hybridized carbons (Fsp3) is 0.444. The smallest absolute Gasteiger partial charge is 0.419 e. The van der Waals surface area contributed by atoms with Crippen LogP contribution in [0.5, 0.6) is 5.75 Å². The van der Waals surface area contributed by atoms with Crippen molar-refractivity contribution in [1.29, 1.82) is 0 Å². The van der Waals surface area contributed by atoms with Crippen LogP contribution >= 0.6 is 0 Å². The van der Waals surface area contributed by atoms with Crippen LogP contribution in [0.15, 0.2) is 24.4 Å². The van der Waals surface area contributed by atoms with Crippen LogP contribution in [-0.4, -0.2) is 40.5 Å². The molecule has 0 radical (unpaired) electrons. The summed E-state index contributed by atoms with van der Waals surface area (Å²) < 4.78 is 11.9. The minimum Gasteiger partial charge on any atom is -0.508 e. The van der Waals surface area contributed by atoms with Gasteiger partial charge >= 0.3 is 6.09 Å². The first-order valence-electron chi connectivity index (χ1n) is 8.06. The molecular formula is C18H22N2O5. The van der Waals surface area contributed by atoms with Gasteiger partial charge in [-0.15, -0.1) is 0 Å². The Morgan fingerprint density at radius 1 is 1.32 bits per heavy atom. The number of benzene rings is 1. The standard InChI is InChI=1S/C18H22N2O5/c1-17(2,3)25-16(23)20-8-13(12-7-11(21)5-6-14(12)20)19-15(22)18(4)9-24-10-18/h5-8,21H,9-10H2,1-4H3,(H,19,22). The van der Waals surface area contributed by atoms with Crippen molar-refractivity contribution in [2.45, 2.75) is 33.3 Å². The number of aromatic hydroxyl groups is 1. The number of rotatable bonds is 2. The van der Waals surface area contributed by atoms with Gasteiger partial charge in [-0.2, -0.15) is 0 Å². The van der Waals surface area contributed by atoms with Crippen molar-refractivity contribution in [3.8, 4) is 5.75 Å². The van der Waals surface area contributed by atoms with Crippen molar-refractivity contribution in [2.75, 3.05) is 18.5 Å². The van der Waals surface area contributed by atoms with Gasteiger partial charge in [0, 0.05) is 11.6 Å². The Kier molecular flexibility index (Phi) is 3.99. The predicted octanol–water partition coefficient (Wildman–Crippen LogP) is 3.11. The monoisotopic (exact) mass is 346 g/mol. The second-order valence-electron chi connectivity index (χ2n) is 7.60. The van der Waals surface area contributed by atoms with E-state index >= 15 is 0 Å². The van der Waals surface area contributed by atoms with Crippen molar-refractivity contribution in [3.63, 3.8) is 0 Å². The van der Waals surface area contributed by atoms with E-state index in [2.05, 4.69) is 5.32 Å². The zero-order chi connectivity index (χ0) is 18.4. The third kappa shape index (κ3) is 3.32. The van der Waals surface area contributed by atoms with Crippen LogP contribution < -0.4 is 5.32 Å². The van der Waals surface area contributed by atoms with Gasteiger partial charge in [-0.05, 0) is 45.9 Å². The highest BCUT2D eigenvalue weighted by molar-refractivity contribution is 6.06. The Morgan fingerprint density at radius 2 is 2.00 bits per heavy atom. The first-order chi connectivity index (χ1) is 11.6. The SMILES string of the molecule is CC(C)(C)OC(=O)n1cc(NC(=O)C2(C)COC2)c2cc(O)ccc21. The maximum atomic E-state index is 12.5. The van der Waals surface area contributed by atoms with E-state index in [1.807, 2.05) is 6.92 Å². The number of amides is 1. The Balaban J connectivity index is 1.99. The van der Waals surface area contributed by atoms with E-state index in [-0.39, 0.29) is 11.7 Å². The molecule has 2 N–H and O–H groups in total. The predicted molar refractivity (Wildman–Crippen MR) is 92.8 cm³/mol. The molecule has 1 aliphatic rings. The average Bonchev–Trinajstić information content (AvgIpc) is 2.81. The molecule has 1 fully saturated rings. The number of aromatic nitrogens is 1. The molecule has 3 rings (SSSR count). The number of nitrogens with zero attached hydrogens (tertiary/aromatic N) is 1. The van der Waals surface area contributed by atoms with E-state index in [0.717, 1.165) is 0 Å². The number of phenols is 1. The van der Waals surface area contributed by atoms with E-state index in [4.69, 9.17) is 9.47 Å². The third-order valence-corrected chi connectivity index (χ3v) is 4.02. The summed E-state index contributed by atoms with van der Waals surface area (Å²) in [4.78, 5) is 24.9. The lowest BCUT2D eigenvalue weighted by Gasteiger charge is -2.36. The maximum absolute atomic E-state index is 12.5. The molecule has 1 aliphatic heterocycles. The van der Waals surface area contributed by atoms with Gasteiger partial charge in [0.1, 0.15) is 11.4 Å². The molecule has 1 saturated heterocycles. The van der Waals surface area contributed by atoms with Gasteiger partial charge in [0.15, 0.2) is 0 Å². The molecule has 7 nitrogen and oxygen atoms in total. The summed E-state index contributed by atoms with van der Waals surface area (Å²) in [5.41, 5.74) is -0.255. The number of anilines is 1. The summed E-state index contributed by atoms with van der Waals surface area (Å²) in [6, 6.07) is 4.60. The number of hydrogen-bond acceptors (Lipinski definition) is 5. The van der Waals surface area contributed by atoms with E-state index in [1.165, 1.54) is 22.9 Å². The first kappa shape index (κ1) is 17.3. The molecular weight excluding hydrogens is 324 g/mol. The minimum absolute atomic E-state index is 0.0446. The highest BCUT2D eigenvalue weighted by Gasteiger charge is 2.41. The second kappa shape index (κ2) is 5.77. The van der Waals surface area contributed by atoms with Crippen LogP contribution in [-0.2, 0) is 14.3 Å². The molecule has 25 heavy (non-hydrogen) atoms. The molecule has 1 amide bonds. The van der Waals surface area contributed by atoms with E-state index in [0.29, 0.717) is 29.8 Å². The van der Waals surface area contributed by atoms with Crippen LogP contribution in [0.2, 0.25) is 0 Å². The summed E-state index contributed by atoms with van der Waals surface area (Å²) in [5.74, 6) is -0.145. The molecule has 2 heterocycles. The van der Waals surface area contributed by atoms with Gasteiger partial charge in [0.25, 0.3) is 0 Å². The van der Waals surface area contributed by atoms with Gasteiger partial charge in [0.05, 0.1) is 29.8 Å². The van der Waals surface area contributed by atoms with E-state index < -0.39 is 17.1 Å². The zero-order valence-corrected chi connectivity index (χ0v) is 14.8. The lowest BCUT2D eigenvalue weighted by molar-refractivity contribution is -0.151. The van der Waals surface area contributed by atoms with E-state index in [9.17, 15) is 14.7 Å². The summed E-state index contributed by atoms with van der Waals surface area (Å²) in [7, 11) is 0. The molecule has 0 unspecified atom stereocenters. The molecule has 0 bridgehead atoms. The topological polar surface area (TPSA) is 89.8 Å². The summed E-state index contributed by atoms with van der Waals surface area (Å²) in [6.45, 7) is 7.87. The van der Waals surface area contributed by atoms with E-state index in [1.54, 1.807) is 26.8 Å². The van der Waals surface area contributed by atoms with Gasteiger partial charge in [-0.1, -0.05) is 0 Å². The molecule has 0 spiro atoms. The summed E-state index contributed by atoms with van der Waals surface area (Å²) in [6.07, 6.45) is 0.959. The lowest BCUT2D eigenvalue weighted by atomic mass is 9.87. The van der Waals surface area contributed by atoms with Crippen LogP contribution in [0.1, 0.15) is 27.7 Å². The number of ether oxygens (including phenoxy) is 2. The number of phenolic OH excluding ortho intramolecular Hbond substituents is 1. The first-order valence-corrected chi connectivity index (χ1v) is 8.06. The fourth-order valence-electron chi connectivity index (χ4n) is 2.59. The fourth-order valence-corrected chi connectivity index (χ4v) is 2.59. The van der Waals surface area contributed by atoms with Gasteiger partial charge in [-0.25, -0.2) is 4.79 Å². The number of fused-ring (bicyclic) bond motifs is 1. The maximum Gasteiger partial charge on any atom is 0.419 e. The number of hydrogen-bond donors (Lipinski definition) is 2. The minimum atomic E-state index is -0.648. The molecule has 1 aromatic carbocycles. The molecule has 2 aromatic rings. The highest BCUT2D eigenvalue weighted by atomic mass is 16.6. The Hall–Kier alpha value is -2.54. The average molecular weight is 346 g/mol. The number of nitrogens with one attached hydrogen (secondary N) is 1. The summed E-state index contributed by atoms with van der Waals surface area (Å²) >= 11 is 0. The molecule has 0 atom stereocenters. The Bertz CT molecular complexity index is 843. The van der Waals surface area contributed by atoms with Crippen molar-refractivity contribution in [2.24, 2.45) is 5.41 Å². The van der Waals surface area contributed by atoms with Crippen LogP contribution in [0.4, 0.5) is 10.5 Å². The summed E-state index contributed by atoms with van der Waals surface area (Å²) in [5, 5.41) is 13.2. The molecule has 134 valence electrons. The lowest BCUT2D eigenvalue weighted by Crippen LogP contribution is -2.49. The van der Waals surface area contributed by atoms with Crippen LogP contribution in [0, 0.1) is 5.41 Å². The normalized spacial score (nSPS) is 16.3. The van der Waals surface area contributed by atoms with Gasteiger partial charge < -0.3 is 19.9 Å². The number of carbonyl (C=O) groups excluding carboxylic acids is 2. The molecule has 0 aliphatic carbocycles. The second-order valence-corrected chi connectivity index (χ2v) is 7.60. The Morgan fingerprint density at radius 3 is 2.56 bits per heavy atom. The zero-order valence-electron chi connectivity index (χ0n) is 14.8. The van der Waals surface area contributed by atoms with Gasteiger partial charge in [0.2, 0.25) is 5.91 Å². The largest absolute Gasteiger partial charge is 0.508 e. The molecule has 7 heteroatoms. The molecule has 1 aromatic heterocycles. The van der Waals surface area contributed by atoms with Crippen LogP contribution in [0.3, 0.4) is 0 Å². The van der Waals surface area contributed by atoms with Crippen molar-refractivity contribution >= 4 is 28.6 Å². The van der Waals surface area contributed by atoms with Crippen molar-refractivity contribution in [3.05, 3.63) is 24.4 Å². The molecule has 0 saturated carbocycles. The Labute approximate surface area is 145 Å². The van der Waals surface area contributed by atoms with Crippen molar-refractivity contribution < 1.29 is 24.2 Å². The van der Waals surface area contributed by atoms with Gasteiger partial charge in [-0.3, -0.25) is 9.36 Å². The van der Waals surface area contributed by atoms with Crippen LogP contribution in [0.25, 0.3) is 10.9 Å².